The molecule has 9 heteroatoms. The van der Waals surface area contributed by atoms with Gasteiger partial charge in [0.1, 0.15) is 0 Å². The Morgan fingerprint density at radius 2 is 2.06 bits per heavy atom. The third kappa shape index (κ3) is 4.79. The van der Waals surface area contributed by atoms with Crippen LogP contribution in [0, 0.1) is 26.2 Å². The number of hydrogen-bond donors (Lipinski definition) is 4. The van der Waals surface area contributed by atoms with Crippen LogP contribution in [0.15, 0.2) is 75.7 Å². The number of nitrogens with zero attached hydrogens (tertiary/aromatic N) is 2. The van der Waals surface area contributed by atoms with Crippen molar-refractivity contribution >= 4 is 34.4 Å². The maximum atomic E-state index is 11.8. The second kappa shape index (κ2) is 10.7. The van der Waals surface area contributed by atoms with Crippen molar-refractivity contribution in [2.45, 2.75) is 25.9 Å². The maximum Gasteiger partial charge on any atom is 0.222 e. The van der Waals surface area contributed by atoms with E-state index in [1.54, 1.807) is 19.1 Å². The quantitative estimate of drug-likeness (QED) is 0.275. The van der Waals surface area contributed by atoms with Gasteiger partial charge < -0.3 is 21.0 Å². The number of aryl methyl sites for hydroxylation is 2. The van der Waals surface area contributed by atoms with Crippen LogP contribution in [-0.4, -0.2) is 23.1 Å². The van der Waals surface area contributed by atoms with E-state index in [9.17, 15) is 5.11 Å². The molecule has 0 aliphatic carbocycles. The molecule has 1 aliphatic heterocycles. The first-order chi connectivity index (χ1) is 16.3. The first-order valence-corrected chi connectivity index (χ1v) is 11.5. The molecule has 1 aromatic heterocycles. The minimum Gasteiger partial charge on any atom is -0.481 e. The van der Waals surface area contributed by atoms with E-state index in [4.69, 9.17) is 34.3 Å². The van der Waals surface area contributed by atoms with Gasteiger partial charge in [-0.2, -0.15) is 0 Å². The molecule has 2 aromatic rings. The largest absolute Gasteiger partial charge is 0.481 e. The lowest BCUT2D eigenvalue weighted by Crippen LogP contribution is -2.40. The number of allylic oxidation sites excluding steroid dienone is 3. The number of nitrogens with two attached hydrogens (primary N) is 2. The molecule has 1 atom stereocenters. The highest BCUT2D eigenvalue weighted by Gasteiger charge is 2.41. The Morgan fingerprint density at radius 3 is 2.59 bits per heavy atom. The number of methoxy groups -OCH3 is 1. The molecule has 0 saturated carbocycles. The standard InChI is InChI=1S/C25H26ClN5O2S/c1-5-18(25(32,21(14-27)31-28)23-15(2)29-16(3)34-23)11-12-19-13-20(26)22(24(30-19)33-4)17-9-7-6-8-10-17/h1,6-12,14,31-32H,13,27-28H2,2-4H3/b18-11+,19-12+,21-14-. The number of terminal acetylenes is 1. The minimum absolute atomic E-state index is 0.121. The van der Waals surface area contributed by atoms with Gasteiger partial charge in [0.25, 0.3) is 0 Å². The number of hydrogen-bond acceptors (Lipinski definition) is 8. The van der Waals surface area contributed by atoms with Crippen LogP contribution in [-0.2, 0) is 10.3 Å². The molecular formula is C25H26ClN5O2S. The summed E-state index contributed by atoms with van der Waals surface area (Å²) in [6, 6.07) is 9.65. The van der Waals surface area contributed by atoms with Crippen molar-refractivity contribution in [2.75, 3.05) is 7.11 Å². The molecule has 176 valence electrons. The average Bonchev–Trinajstić information content (AvgIpc) is 3.18. The van der Waals surface area contributed by atoms with Crippen molar-refractivity contribution in [3.05, 3.63) is 91.8 Å². The summed E-state index contributed by atoms with van der Waals surface area (Å²) in [5, 5.41) is 13.2. The van der Waals surface area contributed by atoms with Gasteiger partial charge in [-0.05, 0) is 31.6 Å². The average molecular weight is 496 g/mol. The smallest absolute Gasteiger partial charge is 0.222 e. The van der Waals surface area contributed by atoms with Gasteiger partial charge in [-0.1, -0.05) is 47.9 Å². The first kappa shape index (κ1) is 25.3. The zero-order valence-electron chi connectivity index (χ0n) is 19.1. The van der Waals surface area contributed by atoms with Crippen LogP contribution in [0.5, 0.6) is 0 Å². The second-order valence-corrected chi connectivity index (χ2v) is 9.07. The second-order valence-electron chi connectivity index (χ2n) is 7.41. The molecule has 1 aromatic carbocycles. The molecule has 1 aliphatic rings. The first-order valence-electron chi connectivity index (χ1n) is 10.3. The maximum absolute atomic E-state index is 11.8. The number of ether oxygens (including phenoxy) is 1. The number of hydrazine groups is 1. The molecule has 2 heterocycles. The van der Waals surface area contributed by atoms with Crippen molar-refractivity contribution in [3.8, 4) is 12.3 Å². The Hall–Kier alpha value is -3.35. The van der Waals surface area contributed by atoms with Gasteiger partial charge in [-0.15, -0.1) is 17.8 Å². The highest BCUT2D eigenvalue weighted by atomic mass is 35.5. The van der Waals surface area contributed by atoms with Gasteiger partial charge in [0.05, 0.1) is 34.0 Å². The number of thiazole rings is 1. The molecule has 1 unspecified atom stereocenters. The van der Waals surface area contributed by atoms with E-state index in [2.05, 4.69) is 21.3 Å². The summed E-state index contributed by atoms with van der Waals surface area (Å²) in [5.74, 6) is 8.63. The van der Waals surface area contributed by atoms with E-state index in [0.717, 1.165) is 16.1 Å². The fourth-order valence-electron chi connectivity index (χ4n) is 3.70. The summed E-state index contributed by atoms with van der Waals surface area (Å²) in [5.41, 5.74) is 9.60. The normalized spacial score (nSPS) is 17.8. The van der Waals surface area contributed by atoms with Gasteiger partial charge >= 0.3 is 0 Å². The fourth-order valence-corrected chi connectivity index (χ4v) is 5.07. The fraction of sp³-hybridized carbons (Fsp3) is 0.200. The number of aromatic nitrogens is 1. The monoisotopic (exact) mass is 495 g/mol. The number of benzene rings is 1. The predicted octanol–water partition coefficient (Wildman–Crippen LogP) is 3.75. The lowest BCUT2D eigenvalue weighted by atomic mass is 9.87. The molecule has 34 heavy (non-hydrogen) atoms. The van der Waals surface area contributed by atoms with Crippen LogP contribution in [0.2, 0.25) is 0 Å². The molecule has 0 saturated heterocycles. The Labute approximate surface area is 208 Å². The number of aliphatic hydroxyl groups is 1. The Morgan fingerprint density at radius 1 is 1.35 bits per heavy atom. The zero-order valence-corrected chi connectivity index (χ0v) is 20.7. The van der Waals surface area contributed by atoms with Crippen molar-refractivity contribution < 1.29 is 9.84 Å². The van der Waals surface area contributed by atoms with E-state index in [1.807, 2.05) is 37.3 Å². The van der Waals surface area contributed by atoms with Crippen LogP contribution < -0.4 is 17.0 Å². The van der Waals surface area contributed by atoms with E-state index in [1.165, 1.54) is 24.6 Å². The predicted molar refractivity (Wildman–Crippen MR) is 138 cm³/mol. The van der Waals surface area contributed by atoms with Crippen LogP contribution in [0.1, 0.15) is 27.6 Å². The summed E-state index contributed by atoms with van der Waals surface area (Å²) in [6.07, 6.45) is 10.7. The van der Waals surface area contributed by atoms with E-state index >= 15 is 0 Å². The molecule has 0 amide bonds. The molecule has 0 spiro atoms. The van der Waals surface area contributed by atoms with E-state index in [-0.39, 0.29) is 11.3 Å². The molecule has 0 bridgehead atoms. The topological polar surface area (TPSA) is 119 Å². The lowest BCUT2D eigenvalue weighted by molar-refractivity contribution is 0.116. The third-order valence-electron chi connectivity index (χ3n) is 5.25. The van der Waals surface area contributed by atoms with Gasteiger partial charge in [-0.25, -0.2) is 9.98 Å². The zero-order chi connectivity index (χ0) is 24.9. The van der Waals surface area contributed by atoms with Crippen molar-refractivity contribution in [3.63, 3.8) is 0 Å². The summed E-state index contributed by atoms with van der Waals surface area (Å²) in [6.45, 7) is 3.62. The number of aliphatic imine (C=N–C) groups is 1. The Bertz CT molecular complexity index is 1270. The van der Waals surface area contributed by atoms with Crippen molar-refractivity contribution in [2.24, 2.45) is 16.6 Å². The van der Waals surface area contributed by atoms with Gasteiger partial charge in [0.15, 0.2) is 5.60 Å². The number of rotatable bonds is 6. The molecule has 6 N–H and O–H groups in total. The third-order valence-corrected chi connectivity index (χ3v) is 6.76. The summed E-state index contributed by atoms with van der Waals surface area (Å²) in [4.78, 5) is 9.53. The molecule has 0 radical (unpaired) electrons. The Kier molecular flexibility index (Phi) is 7.97. The van der Waals surface area contributed by atoms with E-state index in [0.29, 0.717) is 33.6 Å². The van der Waals surface area contributed by atoms with Crippen LogP contribution in [0.3, 0.4) is 0 Å². The summed E-state index contributed by atoms with van der Waals surface area (Å²) >= 11 is 7.95. The summed E-state index contributed by atoms with van der Waals surface area (Å²) < 4.78 is 5.52. The molecule has 7 nitrogen and oxygen atoms in total. The van der Waals surface area contributed by atoms with Gasteiger partial charge in [0.2, 0.25) is 5.90 Å². The summed E-state index contributed by atoms with van der Waals surface area (Å²) in [7, 11) is 1.54. The van der Waals surface area contributed by atoms with Crippen molar-refractivity contribution in [1.29, 1.82) is 0 Å². The molecule has 0 fully saturated rings. The minimum atomic E-state index is -1.80. The molecular weight excluding hydrogens is 470 g/mol. The Balaban J connectivity index is 2.09. The number of nitrogens with one attached hydrogen (secondary N) is 1. The highest BCUT2D eigenvalue weighted by molar-refractivity contribution is 7.11. The lowest BCUT2D eigenvalue weighted by Gasteiger charge is -2.30. The van der Waals surface area contributed by atoms with Gasteiger partial charge in [0, 0.05) is 28.9 Å². The number of dihydropyridines is 1. The SMILES string of the molecule is C#C/C(=C\C=C1/CC(Cl)=C(c2ccccc2)C(OC)=N1)C(O)(/C(=C/N)NN)c1sc(C)nc1C. The van der Waals surface area contributed by atoms with Crippen LogP contribution >= 0.6 is 22.9 Å². The van der Waals surface area contributed by atoms with Crippen LogP contribution in [0.4, 0.5) is 0 Å². The van der Waals surface area contributed by atoms with E-state index < -0.39 is 5.60 Å². The van der Waals surface area contributed by atoms with Crippen LogP contribution in [0.25, 0.3) is 5.57 Å². The van der Waals surface area contributed by atoms with Gasteiger partial charge in [-0.3, -0.25) is 5.84 Å². The number of halogens is 1. The highest BCUT2D eigenvalue weighted by Crippen LogP contribution is 2.40. The van der Waals surface area contributed by atoms with Crippen molar-refractivity contribution in [1.82, 2.24) is 10.4 Å². The molecule has 3 rings (SSSR count).